The molecule has 1 aromatic carbocycles. The molecule has 2 rings (SSSR count). The summed E-state index contributed by atoms with van der Waals surface area (Å²) in [5.41, 5.74) is 6.92. The van der Waals surface area contributed by atoms with Crippen LogP contribution in [0.25, 0.3) is 0 Å². The Hall–Kier alpha value is -1.32. The first kappa shape index (κ1) is 12.1. The summed E-state index contributed by atoms with van der Waals surface area (Å²) in [6.45, 7) is 2.70. The van der Waals surface area contributed by atoms with Gasteiger partial charge in [0.1, 0.15) is 5.75 Å². The molecule has 0 radical (unpaired) electrons. The minimum absolute atomic E-state index is 0.0789. The second-order valence-electron chi connectivity index (χ2n) is 4.04. The number of benzene rings is 1. The highest BCUT2D eigenvalue weighted by atomic mass is 32.1. The fourth-order valence-corrected chi connectivity index (χ4v) is 2.28. The predicted molar refractivity (Wildman–Crippen MR) is 72.6 cm³/mol. The normalized spacial score (nSPS) is 12.4. The zero-order chi connectivity index (χ0) is 12.1. The molecule has 0 aliphatic heterocycles. The quantitative estimate of drug-likeness (QED) is 0.879. The molecule has 17 heavy (non-hydrogen) atoms. The van der Waals surface area contributed by atoms with Crippen molar-refractivity contribution in [2.24, 2.45) is 5.73 Å². The molecular formula is C14H17NOS. The molecule has 2 nitrogen and oxygen atoms in total. The van der Waals surface area contributed by atoms with Crippen molar-refractivity contribution in [1.29, 1.82) is 0 Å². The van der Waals surface area contributed by atoms with E-state index in [2.05, 4.69) is 17.5 Å². The summed E-state index contributed by atoms with van der Waals surface area (Å²) in [5.74, 6) is 0.908. The first-order valence-electron chi connectivity index (χ1n) is 5.76. The Bertz CT molecular complexity index is 434. The molecule has 0 aliphatic rings. The van der Waals surface area contributed by atoms with Crippen LogP contribution in [-0.2, 0) is 6.42 Å². The molecule has 0 aliphatic carbocycles. The van der Waals surface area contributed by atoms with Gasteiger partial charge in [0.2, 0.25) is 0 Å². The van der Waals surface area contributed by atoms with Gasteiger partial charge in [-0.05, 0) is 36.1 Å². The molecule has 0 saturated carbocycles. The lowest BCUT2D eigenvalue weighted by atomic mass is 10.1. The number of nitrogens with two attached hydrogens (primary N) is 1. The van der Waals surface area contributed by atoms with Crippen LogP contribution in [0, 0.1) is 0 Å². The lowest BCUT2D eigenvalue weighted by molar-refractivity contribution is 0.323. The van der Waals surface area contributed by atoms with Crippen molar-refractivity contribution in [2.45, 2.75) is 19.4 Å². The van der Waals surface area contributed by atoms with Crippen molar-refractivity contribution in [3.05, 3.63) is 52.2 Å². The Kier molecular flexibility index (Phi) is 4.18. The molecule has 1 aromatic heterocycles. The van der Waals surface area contributed by atoms with Crippen molar-refractivity contribution in [3.8, 4) is 5.75 Å². The first-order chi connectivity index (χ1) is 8.25. The Morgan fingerprint density at radius 1 is 1.24 bits per heavy atom. The number of thiophene rings is 1. The Labute approximate surface area is 106 Å². The van der Waals surface area contributed by atoms with E-state index >= 15 is 0 Å². The van der Waals surface area contributed by atoms with Crippen LogP contribution in [-0.4, -0.2) is 6.61 Å². The third kappa shape index (κ3) is 3.58. The van der Waals surface area contributed by atoms with Crippen LogP contribution in [0.1, 0.15) is 23.4 Å². The fraction of sp³-hybridized carbons (Fsp3) is 0.286. The third-order valence-electron chi connectivity index (χ3n) is 2.60. The van der Waals surface area contributed by atoms with Gasteiger partial charge in [-0.2, -0.15) is 0 Å². The van der Waals surface area contributed by atoms with Gasteiger partial charge in [-0.3, -0.25) is 0 Å². The fourth-order valence-electron chi connectivity index (χ4n) is 1.59. The molecule has 0 fully saturated rings. The lowest BCUT2D eigenvalue weighted by Gasteiger charge is -2.08. The van der Waals surface area contributed by atoms with E-state index in [1.807, 2.05) is 31.2 Å². The summed E-state index contributed by atoms with van der Waals surface area (Å²) < 4.78 is 5.68. The van der Waals surface area contributed by atoms with E-state index in [0.29, 0.717) is 0 Å². The van der Waals surface area contributed by atoms with Crippen LogP contribution in [0.3, 0.4) is 0 Å². The van der Waals surface area contributed by atoms with Gasteiger partial charge in [0.15, 0.2) is 0 Å². The Morgan fingerprint density at radius 2 is 2.00 bits per heavy atom. The molecule has 1 atom stereocenters. The monoisotopic (exact) mass is 247 g/mol. The second-order valence-corrected chi connectivity index (χ2v) is 5.07. The number of hydrogen-bond donors (Lipinski definition) is 1. The highest BCUT2D eigenvalue weighted by Crippen LogP contribution is 2.16. The van der Waals surface area contributed by atoms with Gasteiger partial charge in [-0.25, -0.2) is 0 Å². The minimum atomic E-state index is 0.0789. The highest BCUT2D eigenvalue weighted by Gasteiger charge is 2.00. The summed E-state index contributed by atoms with van der Waals surface area (Å²) in [4.78, 5) is 1.36. The third-order valence-corrected chi connectivity index (χ3v) is 3.54. The molecule has 0 amide bonds. The summed E-state index contributed by atoms with van der Waals surface area (Å²) in [7, 11) is 0. The maximum absolute atomic E-state index is 5.79. The van der Waals surface area contributed by atoms with Gasteiger partial charge in [0.25, 0.3) is 0 Å². The van der Waals surface area contributed by atoms with Crippen molar-refractivity contribution in [3.63, 3.8) is 0 Å². The standard InChI is InChI=1S/C14H17NOS/c1-11(15)12-4-6-13(7-5-12)16-9-8-14-3-2-10-17-14/h2-7,10-11H,8-9,15H2,1H3/t11-/m0/s1. The molecule has 0 unspecified atom stereocenters. The molecule has 90 valence electrons. The Morgan fingerprint density at radius 3 is 2.59 bits per heavy atom. The van der Waals surface area contributed by atoms with Crippen molar-refractivity contribution >= 4 is 11.3 Å². The van der Waals surface area contributed by atoms with Gasteiger partial charge in [0.05, 0.1) is 6.61 Å². The van der Waals surface area contributed by atoms with Gasteiger partial charge in [-0.1, -0.05) is 18.2 Å². The predicted octanol–water partition coefficient (Wildman–Crippen LogP) is 3.39. The second kappa shape index (κ2) is 5.84. The van der Waals surface area contributed by atoms with Crippen LogP contribution < -0.4 is 10.5 Å². The summed E-state index contributed by atoms with van der Waals surface area (Å²) in [6, 6.07) is 12.3. The smallest absolute Gasteiger partial charge is 0.119 e. The van der Waals surface area contributed by atoms with Crippen molar-refractivity contribution in [1.82, 2.24) is 0 Å². The average Bonchev–Trinajstić information content (AvgIpc) is 2.83. The molecule has 0 saturated heterocycles. The van der Waals surface area contributed by atoms with Crippen molar-refractivity contribution < 1.29 is 4.74 Å². The molecule has 2 N–H and O–H groups in total. The van der Waals surface area contributed by atoms with E-state index < -0.39 is 0 Å². The van der Waals surface area contributed by atoms with E-state index in [0.717, 1.165) is 24.3 Å². The largest absolute Gasteiger partial charge is 0.493 e. The number of rotatable bonds is 5. The Balaban J connectivity index is 1.83. The van der Waals surface area contributed by atoms with Crippen LogP contribution in [0.4, 0.5) is 0 Å². The average molecular weight is 247 g/mol. The van der Waals surface area contributed by atoms with E-state index in [1.165, 1.54) is 4.88 Å². The summed E-state index contributed by atoms with van der Waals surface area (Å²) in [5, 5.41) is 2.09. The molecular weight excluding hydrogens is 230 g/mol. The molecule has 0 bridgehead atoms. The molecule has 0 spiro atoms. The molecule has 3 heteroatoms. The van der Waals surface area contributed by atoms with Crippen LogP contribution in [0.2, 0.25) is 0 Å². The minimum Gasteiger partial charge on any atom is -0.493 e. The van der Waals surface area contributed by atoms with Gasteiger partial charge >= 0.3 is 0 Å². The van der Waals surface area contributed by atoms with Crippen LogP contribution in [0.15, 0.2) is 41.8 Å². The summed E-state index contributed by atoms with van der Waals surface area (Å²) >= 11 is 1.77. The topological polar surface area (TPSA) is 35.2 Å². The van der Waals surface area contributed by atoms with E-state index in [9.17, 15) is 0 Å². The zero-order valence-electron chi connectivity index (χ0n) is 9.93. The summed E-state index contributed by atoms with van der Waals surface area (Å²) in [6.07, 6.45) is 0.965. The first-order valence-corrected chi connectivity index (χ1v) is 6.64. The molecule has 2 aromatic rings. The van der Waals surface area contributed by atoms with Gasteiger partial charge in [0, 0.05) is 17.3 Å². The molecule has 1 heterocycles. The maximum atomic E-state index is 5.79. The van der Waals surface area contributed by atoms with E-state index in [1.54, 1.807) is 11.3 Å². The lowest BCUT2D eigenvalue weighted by Crippen LogP contribution is -2.05. The maximum Gasteiger partial charge on any atom is 0.119 e. The van der Waals surface area contributed by atoms with Crippen LogP contribution >= 0.6 is 11.3 Å². The van der Waals surface area contributed by atoms with Crippen LogP contribution in [0.5, 0.6) is 5.75 Å². The van der Waals surface area contributed by atoms with E-state index in [4.69, 9.17) is 10.5 Å². The number of hydrogen-bond acceptors (Lipinski definition) is 3. The van der Waals surface area contributed by atoms with Gasteiger partial charge in [-0.15, -0.1) is 11.3 Å². The highest BCUT2D eigenvalue weighted by molar-refractivity contribution is 7.09. The zero-order valence-corrected chi connectivity index (χ0v) is 10.7. The number of ether oxygens (including phenoxy) is 1. The van der Waals surface area contributed by atoms with Crippen molar-refractivity contribution in [2.75, 3.05) is 6.61 Å². The van der Waals surface area contributed by atoms with Gasteiger partial charge < -0.3 is 10.5 Å². The SMILES string of the molecule is C[C@H](N)c1ccc(OCCc2cccs2)cc1. The van der Waals surface area contributed by atoms with E-state index in [-0.39, 0.29) is 6.04 Å².